The van der Waals surface area contributed by atoms with Crippen molar-refractivity contribution in [1.29, 1.82) is 10.8 Å². The van der Waals surface area contributed by atoms with Crippen molar-refractivity contribution in [2.24, 2.45) is 11.5 Å². The lowest BCUT2D eigenvalue weighted by atomic mass is 10.1. The summed E-state index contributed by atoms with van der Waals surface area (Å²) in [5, 5.41) is 28.1. The zero-order valence-electron chi connectivity index (χ0n) is 11.3. The summed E-state index contributed by atoms with van der Waals surface area (Å²) >= 11 is 0. The molecule has 0 aromatic rings. The molecule has 0 aliphatic carbocycles. The molecule has 0 fully saturated rings. The summed E-state index contributed by atoms with van der Waals surface area (Å²) in [6.07, 6.45) is 7.03. The molecular formula is C10H24N6O3. The number of guanidine groups is 2. The fraction of sp³-hybridized carbons (Fsp3) is 0.800. The van der Waals surface area contributed by atoms with E-state index < -0.39 is 5.09 Å². The Kier molecular flexibility index (Phi) is 12.6. The van der Waals surface area contributed by atoms with Crippen molar-refractivity contribution < 1.29 is 10.3 Å². The van der Waals surface area contributed by atoms with E-state index in [1.54, 1.807) is 0 Å². The molecule has 0 heterocycles. The summed E-state index contributed by atoms with van der Waals surface area (Å²) in [7, 11) is 0. The first-order chi connectivity index (χ1) is 8.82. The second-order valence-corrected chi connectivity index (χ2v) is 3.93. The molecule has 19 heavy (non-hydrogen) atoms. The van der Waals surface area contributed by atoms with Gasteiger partial charge in [-0.05, 0) is 6.42 Å². The Balaban J connectivity index is 0. The van der Waals surface area contributed by atoms with E-state index in [2.05, 4.69) is 6.92 Å². The minimum absolute atomic E-state index is 0.143. The van der Waals surface area contributed by atoms with Crippen molar-refractivity contribution >= 4 is 11.9 Å². The van der Waals surface area contributed by atoms with Gasteiger partial charge in [0.1, 0.15) is 0 Å². The fourth-order valence-electron chi connectivity index (χ4n) is 1.42. The summed E-state index contributed by atoms with van der Waals surface area (Å²) < 4.78 is 0. The Labute approximate surface area is 112 Å². The van der Waals surface area contributed by atoms with Gasteiger partial charge in [0, 0.05) is 6.54 Å². The minimum atomic E-state index is -1.50. The topological polar surface area (TPSA) is 166 Å². The SMILES string of the molecule is CCCCCCCCN(C(=N)N)C(=N)N.O=[N+]([O-])O. The van der Waals surface area contributed by atoms with Gasteiger partial charge in [0.2, 0.25) is 0 Å². The first-order valence-corrected chi connectivity index (χ1v) is 6.11. The Hall–Kier alpha value is -2.06. The average molecular weight is 276 g/mol. The van der Waals surface area contributed by atoms with Crippen LogP contribution in [0.3, 0.4) is 0 Å². The van der Waals surface area contributed by atoms with Crippen LogP contribution in [0, 0.1) is 20.9 Å². The van der Waals surface area contributed by atoms with Crippen molar-refractivity contribution in [3.05, 3.63) is 10.1 Å². The largest absolute Gasteiger partial charge is 0.370 e. The third-order valence-electron chi connectivity index (χ3n) is 2.32. The highest BCUT2D eigenvalue weighted by Crippen LogP contribution is 2.05. The Morgan fingerprint density at radius 2 is 1.53 bits per heavy atom. The van der Waals surface area contributed by atoms with Crippen LogP contribution in [0.25, 0.3) is 0 Å². The first kappa shape index (κ1) is 19.3. The Bertz CT molecular complexity index is 266. The zero-order valence-corrected chi connectivity index (χ0v) is 11.3. The predicted octanol–water partition coefficient (Wildman–Crippen LogP) is 1.09. The molecule has 0 saturated heterocycles. The summed E-state index contributed by atoms with van der Waals surface area (Å²) in [5.41, 5.74) is 10.6. The van der Waals surface area contributed by atoms with Crippen LogP contribution < -0.4 is 11.5 Å². The lowest BCUT2D eigenvalue weighted by Gasteiger charge is -2.19. The molecule has 0 unspecified atom stereocenters. The van der Waals surface area contributed by atoms with Crippen molar-refractivity contribution in [2.75, 3.05) is 6.54 Å². The van der Waals surface area contributed by atoms with E-state index in [4.69, 9.17) is 37.6 Å². The minimum Gasteiger partial charge on any atom is -0.370 e. The summed E-state index contributed by atoms with van der Waals surface area (Å²) in [4.78, 5) is 9.68. The van der Waals surface area contributed by atoms with Crippen LogP contribution in [0.2, 0.25) is 0 Å². The Morgan fingerprint density at radius 3 is 1.89 bits per heavy atom. The number of hydrogen-bond acceptors (Lipinski definition) is 4. The van der Waals surface area contributed by atoms with Gasteiger partial charge in [0.05, 0.1) is 0 Å². The van der Waals surface area contributed by atoms with E-state index in [9.17, 15) is 0 Å². The van der Waals surface area contributed by atoms with Crippen LogP contribution in [-0.2, 0) is 0 Å². The van der Waals surface area contributed by atoms with Crippen molar-refractivity contribution in [2.45, 2.75) is 45.4 Å². The van der Waals surface area contributed by atoms with Gasteiger partial charge in [0.25, 0.3) is 5.09 Å². The monoisotopic (exact) mass is 276 g/mol. The number of unbranched alkanes of at least 4 members (excludes halogenated alkanes) is 5. The molecule has 0 amide bonds. The van der Waals surface area contributed by atoms with Crippen LogP contribution in [0.5, 0.6) is 0 Å². The molecule has 112 valence electrons. The number of nitrogens with two attached hydrogens (primary N) is 2. The molecular weight excluding hydrogens is 252 g/mol. The van der Waals surface area contributed by atoms with Crippen LogP contribution >= 0.6 is 0 Å². The number of hydrogen-bond donors (Lipinski definition) is 5. The van der Waals surface area contributed by atoms with E-state index in [0.29, 0.717) is 6.54 Å². The summed E-state index contributed by atoms with van der Waals surface area (Å²) in [5.74, 6) is -0.285. The second-order valence-electron chi connectivity index (χ2n) is 3.93. The van der Waals surface area contributed by atoms with E-state index in [0.717, 1.165) is 12.8 Å². The van der Waals surface area contributed by atoms with Crippen molar-refractivity contribution in [3.8, 4) is 0 Å². The third kappa shape index (κ3) is 15.9. The van der Waals surface area contributed by atoms with Gasteiger partial charge in [-0.3, -0.25) is 15.7 Å². The lowest BCUT2D eigenvalue weighted by Crippen LogP contribution is -2.45. The van der Waals surface area contributed by atoms with Crippen LogP contribution in [0.1, 0.15) is 45.4 Å². The van der Waals surface area contributed by atoms with Gasteiger partial charge in [-0.15, -0.1) is 10.1 Å². The number of nitrogens with one attached hydrogen (secondary N) is 2. The van der Waals surface area contributed by atoms with Gasteiger partial charge in [-0.2, -0.15) is 0 Å². The highest BCUT2D eigenvalue weighted by Gasteiger charge is 2.08. The van der Waals surface area contributed by atoms with E-state index in [1.165, 1.54) is 30.6 Å². The molecule has 9 nitrogen and oxygen atoms in total. The Morgan fingerprint density at radius 1 is 1.16 bits per heavy atom. The first-order valence-electron chi connectivity index (χ1n) is 6.11. The van der Waals surface area contributed by atoms with Gasteiger partial charge < -0.3 is 16.7 Å². The molecule has 0 bridgehead atoms. The second kappa shape index (κ2) is 12.4. The smallest absolute Gasteiger partial charge is 0.291 e. The molecule has 0 atom stereocenters. The van der Waals surface area contributed by atoms with Gasteiger partial charge >= 0.3 is 0 Å². The van der Waals surface area contributed by atoms with Crippen LogP contribution in [-0.4, -0.2) is 33.7 Å². The van der Waals surface area contributed by atoms with E-state index >= 15 is 0 Å². The molecule has 0 aliphatic rings. The number of nitrogens with zero attached hydrogens (tertiary/aromatic N) is 2. The lowest BCUT2D eigenvalue weighted by molar-refractivity contribution is -0.742. The summed E-state index contributed by atoms with van der Waals surface area (Å²) in [6.45, 7) is 2.77. The van der Waals surface area contributed by atoms with Crippen molar-refractivity contribution in [1.82, 2.24) is 4.90 Å². The molecule has 0 rings (SSSR count). The quantitative estimate of drug-likeness (QED) is 0.153. The van der Waals surface area contributed by atoms with Gasteiger partial charge in [-0.1, -0.05) is 39.0 Å². The molecule has 7 N–H and O–H groups in total. The molecule has 0 saturated carbocycles. The maximum Gasteiger partial charge on any atom is 0.291 e. The van der Waals surface area contributed by atoms with Crippen LogP contribution in [0.15, 0.2) is 0 Å². The normalized spacial score (nSPS) is 9.11. The average Bonchev–Trinajstić information content (AvgIpc) is 2.26. The third-order valence-corrected chi connectivity index (χ3v) is 2.32. The zero-order chi connectivity index (χ0) is 15.3. The molecule has 0 aliphatic heterocycles. The molecule has 9 heteroatoms. The van der Waals surface area contributed by atoms with Gasteiger partial charge in [-0.25, -0.2) is 0 Å². The molecule has 0 aromatic carbocycles. The highest BCUT2D eigenvalue weighted by molar-refractivity contribution is 5.94. The fourth-order valence-corrected chi connectivity index (χ4v) is 1.42. The van der Waals surface area contributed by atoms with Crippen LogP contribution in [0.4, 0.5) is 0 Å². The maximum atomic E-state index is 8.36. The number of rotatable bonds is 7. The standard InChI is InChI=1S/C10H23N5.HNO3/c1-2-3-4-5-6-7-8-15(9(11)12)10(13)14;2-1(3)4/h2-8H2,1H3,(H3,11,12)(H3,13,14);(H,2,3,4). The molecule has 0 spiro atoms. The molecule has 0 radical (unpaired) electrons. The van der Waals surface area contributed by atoms with E-state index in [1.807, 2.05) is 0 Å². The van der Waals surface area contributed by atoms with Crippen molar-refractivity contribution in [3.63, 3.8) is 0 Å². The predicted molar refractivity (Wildman–Crippen MR) is 72.7 cm³/mol. The highest BCUT2D eigenvalue weighted by atomic mass is 16.9. The maximum absolute atomic E-state index is 8.36. The summed E-state index contributed by atoms with van der Waals surface area (Å²) in [6, 6.07) is 0. The van der Waals surface area contributed by atoms with Gasteiger partial charge in [0.15, 0.2) is 11.9 Å². The molecule has 0 aromatic heterocycles. The van der Waals surface area contributed by atoms with E-state index in [-0.39, 0.29) is 11.9 Å².